The fraction of sp³-hybridized carbons (Fsp3) is 0.200. The topological polar surface area (TPSA) is 104 Å². The molecule has 0 atom stereocenters. The van der Waals surface area contributed by atoms with Gasteiger partial charge in [-0.15, -0.1) is 0 Å². The van der Waals surface area contributed by atoms with E-state index in [-0.39, 0.29) is 16.8 Å². The van der Waals surface area contributed by atoms with Gasteiger partial charge in [-0.2, -0.15) is 0 Å². The van der Waals surface area contributed by atoms with Crippen LogP contribution in [-0.4, -0.2) is 26.3 Å². The summed E-state index contributed by atoms with van der Waals surface area (Å²) in [5.74, 6) is -0.569. The van der Waals surface area contributed by atoms with E-state index in [1.807, 2.05) is 19.9 Å². The maximum absolute atomic E-state index is 12.7. The van der Waals surface area contributed by atoms with Crippen molar-refractivity contribution in [2.24, 2.45) is 0 Å². The van der Waals surface area contributed by atoms with Gasteiger partial charge in [-0.3, -0.25) is 14.3 Å². The highest BCUT2D eigenvalue weighted by Gasteiger charge is 2.24. The van der Waals surface area contributed by atoms with Crippen LogP contribution >= 0.6 is 0 Å². The molecule has 2 amide bonds. The number of benzene rings is 3. The van der Waals surface area contributed by atoms with E-state index >= 15 is 0 Å². The van der Waals surface area contributed by atoms with Crippen molar-refractivity contribution in [1.29, 1.82) is 0 Å². The van der Waals surface area contributed by atoms with Gasteiger partial charge in [0.1, 0.15) is 0 Å². The molecule has 0 bridgehead atoms. The van der Waals surface area contributed by atoms with Crippen molar-refractivity contribution >= 4 is 33.2 Å². The number of anilines is 2. The second kappa shape index (κ2) is 9.07. The number of amides is 2. The number of rotatable bonds is 7. The Morgan fingerprint density at radius 1 is 0.788 bits per heavy atom. The molecule has 3 aromatic rings. The molecule has 0 saturated heterocycles. The number of nitrogens with one attached hydrogen (secondary N) is 3. The molecule has 1 aliphatic carbocycles. The summed E-state index contributed by atoms with van der Waals surface area (Å²) < 4.78 is 28.0. The fourth-order valence-corrected chi connectivity index (χ4v) is 4.29. The molecule has 1 fully saturated rings. The molecule has 1 saturated carbocycles. The quantitative estimate of drug-likeness (QED) is 0.487. The molecule has 3 aromatic carbocycles. The van der Waals surface area contributed by atoms with E-state index in [1.54, 1.807) is 36.4 Å². The summed E-state index contributed by atoms with van der Waals surface area (Å²) in [4.78, 5) is 24.9. The van der Waals surface area contributed by atoms with E-state index in [1.165, 1.54) is 24.3 Å². The largest absolute Gasteiger partial charge is 0.349 e. The molecular formula is C25H25N3O4S. The van der Waals surface area contributed by atoms with E-state index in [0.717, 1.165) is 24.0 Å². The lowest BCUT2D eigenvalue weighted by atomic mass is 10.1. The standard InChI is InChI=1S/C25H25N3O4S/c1-16-6-9-22(14-17(16)2)28-33(31,32)23-12-7-18(8-13-23)24(29)27-21-5-3-4-19(15-21)25(30)26-20-10-11-20/h3-9,12-15,20,28H,10-11H2,1-2H3,(H,26,30)(H,27,29). The Balaban J connectivity index is 1.43. The monoisotopic (exact) mass is 463 g/mol. The lowest BCUT2D eigenvalue weighted by molar-refractivity contribution is 0.0949. The van der Waals surface area contributed by atoms with Gasteiger partial charge in [0.2, 0.25) is 0 Å². The molecule has 3 N–H and O–H groups in total. The average molecular weight is 464 g/mol. The summed E-state index contributed by atoms with van der Waals surface area (Å²) in [5.41, 5.74) is 3.78. The molecule has 170 valence electrons. The van der Waals surface area contributed by atoms with Crippen molar-refractivity contribution in [3.63, 3.8) is 0 Å². The summed E-state index contributed by atoms with van der Waals surface area (Å²) >= 11 is 0. The first kappa shape index (κ1) is 22.5. The van der Waals surface area contributed by atoms with Crippen LogP contribution in [0.1, 0.15) is 44.7 Å². The Kier molecular flexibility index (Phi) is 6.20. The minimum Gasteiger partial charge on any atom is -0.349 e. The van der Waals surface area contributed by atoms with E-state index in [4.69, 9.17) is 0 Å². The highest BCUT2D eigenvalue weighted by atomic mass is 32.2. The zero-order valence-electron chi connectivity index (χ0n) is 18.4. The van der Waals surface area contributed by atoms with Crippen LogP contribution in [0, 0.1) is 13.8 Å². The van der Waals surface area contributed by atoms with Crippen LogP contribution in [0.2, 0.25) is 0 Å². The van der Waals surface area contributed by atoms with Crippen LogP contribution in [0.25, 0.3) is 0 Å². The number of hydrogen-bond acceptors (Lipinski definition) is 4. The summed E-state index contributed by atoms with van der Waals surface area (Å²) in [7, 11) is -3.79. The lowest BCUT2D eigenvalue weighted by Gasteiger charge is -2.11. The summed E-state index contributed by atoms with van der Waals surface area (Å²) in [5, 5.41) is 5.66. The molecule has 0 heterocycles. The van der Waals surface area contributed by atoms with Crippen molar-refractivity contribution in [1.82, 2.24) is 5.32 Å². The molecule has 1 aliphatic rings. The van der Waals surface area contributed by atoms with Gasteiger partial charge in [0.05, 0.1) is 4.90 Å². The minimum atomic E-state index is -3.79. The maximum Gasteiger partial charge on any atom is 0.261 e. The Morgan fingerprint density at radius 2 is 1.52 bits per heavy atom. The van der Waals surface area contributed by atoms with Gasteiger partial charge < -0.3 is 10.6 Å². The highest BCUT2D eigenvalue weighted by Crippen LogP contribution is 2.21. The molecule has 7 nitrogen and oxygen atoms in total. The lowest BCUT2D eigenvalue weighted by Crippen LogP contribution is -2.25. The summed E-state index contributed by atoms with van der Waals surface area (Å²) in [6.45, 7) is 3.87. The van der Waals surface area contributed by atoms with Crippen LogP contribution in [0.5, 0.6) is 0 Å². The first-order chi connectivity index (χ1) is 15.7. The highest BCUT2D eigenvalue weighted by molar-refractivity contribution is 7.92. The Bertz CT molecular complexity index is 1310. The predicted molar refractivity (Wildman–Crippen MR) is 128 cm³/mol. The summed E-state index contributed by atoms with van der Waals surface area (Å²) in [6.07, 6.45) is 1.99. The van der Waals surface area contributed by atoms with E-state index < -0.39 is 15.9 Å². The van der Waals surface area contributed by atoms with Gasteiger partial charge in [0, 0.05) is 28.5 Å². The normalized spacial score (nSPS) is 13.3. The number of carbonyl (C=O) groups is 2. The zero-order valence-corrected chi connectivity index (χ0v) is 19.2. The SMILES string of the molecule is Cc1ccc(NS(=O)(=O)c2ccc(C(=O)Nc3cccc(C(=O)NC4CC4)c3)cc2)cc1C. The maximum atomic E-state index is 12.7. The summed E-state index contributed by atoms with van der Waals surface area (Å²) in [6, 6.07) is 18.0. The van der Waals surface area contributed by atoms with E-state index in [9.17, 15) is 18.0 Å². The Hall–Kier alpha value is -3.65. The van der Waals surface area contributed by atoms with Crippen molar-refractivity contribution in [2.45, 2.75) is 37.6 Å². The molecule has 4 rings (SSSR count). The second-order valence-electron chi connectivity index (χ2n) is 8.21. The number of hydrogen-bond donors (Lipinski definition) is 3. The second-order valence-corrected chi connectivity index (χ2v) is 9.89. The van der Waals surface area contributed by atoms with E-state index in [0.29, 0.717) is 22.5 Å². The third kappa shape index (κ3) is 5.59. The number of carbonyl (C=O) groups excluding carboxylic acids is 2. The molecule has 0 spiro atoms. The van der Waals surface area contributed by atoms with Gasteiger partial charge in [-0.05, 0) is 92.4 Å². The average Bonchev–Trinajstić information content (AvgIpc) is 3.60. The molecule has 0 unspecified atom stereocenters. The van der Waals surface area contributed by atoms with Crippen molar-refractivity contribution in [2.75, 3.05) is 10.0 Å². The molecular weight excluding hydrogens is 438 g/mol. The fourth-order valence-electron chi connectivity index (χ4n) is 3.24. The molecule has 8 heteroatoms. The number of sulfonamides is 1. The predicted octanol–water partition coefficient (Wildman–Crippen LogP) is 4.25. The smallest absolute Gasteiger partial charge is 0.261 e. The minimum absolute atomic E-state index is 0.0519. The molecule has 33 heavy (non-hydrogen) atoms. The van der Waals surface area contributed by atoms with Crippen LogP contribution in [-0.2, 0) is 10.0 Å². The van der Waals surface area contributed by atoms with Gasteiger partial charge in [-0.25, -0.2) is 8.42 Å². The van der Waals surface area contributed by atoms with Crippen LogP contribution < -0.4 is 15.4 Å². The van der Waals surface area contributed by atoms with Crippen LogP contribution in [0.3, 0.4) is 0 Å². The van der Waals surface area contributed by atoms with Crippen molar-refractivity contribution < 1.29 is 18.0 Å². The molecule has 0 aromatic heterocycles. The Morgan fingerprint density at radius 3 is 2.18 bits per heavy atom. The van der Waals surface area contributed by atoms with Crippen molar-refractivity contribution in [3.05, 3.63) is 89.0 Å². The number of aryl methyl sites for hydroxylation is 2. The van der Waals surface area contributed by atoms with Crippen LogP contribution in [0.15, 0.2) is 71.6 Å². The van der Waals surface area contributed by atoms with Gasteiger partial charge in [-0.1, -0.05) is 12.1 Å². The third-order valence-electron chi connectivity index (χ3n) is 5.48. The molecule has 0 radical (unpaired) electrons. The van der Waals surface area contributed by atoms with Gasteiger partial charge in [0.25, 0.3) is 21.8 Å². The van der Waals surface area contributed by atoms with E-state index in [2.05, 4.69) is 15.4 Å². The zero-order chi connectivity index (χ0) is 23.6. The van der Waals surface area contributed by atoms with Gasteiger partial charge >= 0.3 is 0 Å². The van der Waals surface area contributed by atoms with Gasteiger partial charge in [0.15, 0.2) is 0 Å². The third-order valence-corrected chi connectivity index (χ3v) is 6.88. The Labute approximate surface area is 193 Å². The first-order valence-corrected chi connectivity index (χ1v) is 12.1. The van der Waals surface area contributed by atoms with Crippen LogP contribution in [0.4, 0.5) is 11.4 Å². The first-order valence-electron chi connectivity index (χ1n) is 10.6. The molecule has 0 aliphatic heterocycles. The van der Waals surface area contributed by atoms with Crippen molar-refractivity contribution in [3.8, 4) is 0 Å².